The number of phenols is 1. The summed E-state index contributed by atoms with van der Waals surface area (Å²) in [5.41, 5.74) is 3.92. The van der Waals surface area contributed by atoms with Gasteiger partial charge >= 0.3 is 0 Å². The Morgan fingerprint density at radius 3 is 2.59 bits per heavy atom. The first-order valence-corrected chi connectivity index (χ1v) is 14.2. The summed E-state index contributed by atoms with van der Waals surface area (Å²) in [6.07, 6.45) is 11.9. The molecule has 0 heterocycles. The number of amides is 1. The summed E-state index contributed by atoms with van der Waals surface area (Å²) < 4.78 is 0. The highest BCUT2D eigenvalue weighted by molar-refractivity contribution is 5.96. The number of oxime groups is 1. The SMILES string of the molecule is CC(=O)C1CCC2C3CCC4=C/C(=N\OCC(=O)NCCc5ccc(O)cc5)CC[C@]4(C)C3CC[C@]12C. The van der Waals surface area contributed by atoms with Crippen molar-refractivity contribution >= 4 is 17.4 Å². The van der Waals surface area contributed by atoms with Gasteiger partial charge in [-0.25, -0.2) is 0 Å². The van der Waals surface area contributed by atoms with E-state index in [0.717, 1.165) is 42.9 Å². The smallest absolute Gasteiger partial charge is 0.260 e. The minimum Gasteiger partial charge on any atom is -0.508 e. The number of hydrogen-bond donors (Lipinski definition) is 2. The van der Waals surface area contributed by atoms with Gasteiger partial charge in [0.05, 0.1) is 5.71 Å². The third-order valence-electron chi connectivity index (χ3n) is 10.5. The van der Waals surface area contributed by atoms with Crippen molar-refractivity contribution in [3.63, 3.8) is 0 Å². The first-order valence-electron chi connectivity index (χ1n) is 14.2. The van der Waals surface area contributed by atoms with Crippen LogP contribution >= 0.6 is 0 Å². The third-order valence-corrected chi connectivity index (χ3v) is 10.5. The number of nitrogens with one attached hydrogen (secondary N) is 1. The van der Waals surface area contributed by atoms with E-state index < -0.39 is 0 Å². The maximum Gasteiger partial charge on any atom is 0.260 e. The Kier molecular flexibility index (Phi) is 7.21. The molecule has 5 rings (SSSR count). The Balaban J connectivity index is 1.15. The molecule has 0 aliphatic heterocycles. The normalized spacial score (nSPS) is 35.6. The maximum atomic E-state index is 12.4. The lowest BCUT2D eigenvalue weighted by Gasteiger charge is -2.58. The third kappa shape index (κ3) is 4.96. The van der Waals surface area contributed by atoms with Crippen LogP contribution in [0.5, 0.6) is 5.75 Å². The van der Waals surface area contributed by atoms with Crippen LogP contribution in [-0.2, 0) is 20.8 Å². The number of rotatable bonds is 7. The fourth-order valence-corrected chi connectivity index (χ4v) is 8.54. The standard InChI is InChI=1S/C31H42N2O4/c1-20(34)26-10-11-27-25-9-6-22-18-23(12-15-30(22,2)28(25)13-16-31(26,27)3)33-37-19-29(36)32-17-14-21-4-7-24(35)8-5-21/h4-5,7-8,18,25-28,35H,6,9-17,19H2,1-3H3,(H,32,36)/b33-23-/t25?,26?,27?,28?,30-,31+/m0/s1. The van der Waals surface area contributed by atoms with Crippen LogP contribution in [-0.4, -0.2) is 35.7 Å². The average Bonchev–Trinajstić information content (AvgIpc) is 3.23. The molecule has 3 saturated carbocycles. The van der Waals surface area contributed by atoms with Gasteiger partial charge in [0, 0.05) is 12.5 Å². The zero-order chi connectivity index (χ0) is 26.2. The van der Waals surface area contributed by atoms with Gasteiger partial charge in [0.2, 0.25) is 0 Å². The number of carbonyl (C=O) groups is 2. The zero-order valence-electron chi connectivity index (χ0n) is 22.6. The van der Waals surface area contributed by atoms with Crippen molar-refractivity contribution in [3.05, 3.63) is 41.5 Å². The number of ketones is 1. The summed E-state index contributed by atoms with van der Waals surface area (Å²) in [4.78, 5) is 30.0. The van der Waals surface area contributed by atoms with Crippen molar-refractivity contribution in [1.29, 1.82) is 0 Å². The van der Waals surface area contributed by atoms with Crippen LogP contribution in [0.3, 0.4) is 0 Å². The fraction of sp³-hybridized carbons (Fsp3) is 0.645. The number of hydrogen-bond acceptors (Lipinski definition) is 5. The van der Waals surface area contributed by atoms with E-state index >= 15 is 0 Å². The highest BCUT2D eigenvalue weighted by atomic mass is 16.6. The largest absolute Gasteiger partial charge is 0.508 e. The lowest BCUT2D eigenvalue weighted by molar-refractivity contribution is -0.128. The van der Waals surface area contributed by atoms with E-state index in [1.165, 1.54) is 31.3 Å². The van der Waals surface area contributed by atoms with E-state index in [-0.39, 0.29) is 35.0 Å². The fourth-order valence-electron chi connectivity index (χ4n) is 8.54. The molecule has 6 heteroatoms. The van der Waals surface area contributed by atoms with Crippen molar-refractivity contribution in [3.8, 4) is 5.75 Å². The van der Waals surface area contributed by atoms with Gasteiger partial charge in [-0.15, -0.1) is 0 Å². The van der Waals surface area contributed by atoms with Crippen LogP contribution < -0.4 is 5.32 Å². The maximum absolute atomic E-state index is 12.4. The Hall–Kier alpha value is -2.63. The Morgan fingerprint density at radius 2 is 1.84 bits per heavy atom. The zero-order valence-corrected chi connectivity index (χ0v) is 22.6. The van der Waals surface area contributed by atoms with Gasteiger partial charge in [0.25, 0.3) is 5.91 Å². The van der Waals surface area contributed by atoms with Gasteiger partial charge in [0.15, 0.2) is 6.61 Å². The van der Waals surface area contributed by atoms with Crippen LogP contribution in [0.2, 0.25) is 0 Å². The van der Waals surface area contributed by atoms with E-state index in [1.54, 1.807) is 19.1 Å². The molecule has 1 aromatic rings. The summed E-state index contributed by atoms with van der Waals surface area (Å²) in [7, 11) is 0. The van der Waals surface area contributed by atoms with Gasteiger partial charge in [-0.2, -0.15) is 0 Å². The highest BCUT2D eigenvalue weighted by Crippen LogP contribution is 2.66. The molecule has 37 heavy (non-hydrogen) atoms. The molecule has 1 aromatic carbocycles. The molecule has 4 aliphatic carbocycles. The van der Waals surface area contributed by atoms with Gasteiger partial charge in [-0.1, -0.05) is 36.7 Å². The molecule has 6 atom stereocenters. The molecule has 1 amide bonds. The molecule has 200 valence electrons. The van der Waals surface area contributed by atoms with Crippen LogP contribution in [0.25, 0.3) is 0 Å². The number of Topliss-reactive ketones (excluding diaryl/α,β-unsaturated/α-hetero) is 1. The summed E-state index contributed by atoms with van der Waals surface area (Å²) >= 11 is 0. The number of aromatic hydroxyl groups is 1. The van der Waals surface area contributed by atoms with Crippen molar-refractivity contribution in [2.24, 2.45) is 39.7 Å². The van der Waals surface area contributed by atoms with E-state index in [9.17, 15) is 14.7 Å². The van der Waals surface area contributed by atoms with Crippen molar-refractivity contribution in [1.82, 2.24) is 5.32 Å². The summed E-state index contributed by atoms with van der Waals surface area (Å²) in [5.74, 6) is 2.83. The lowest BCUT2D eigenvalue weighted by Crippen LogP contribution is -2.51. The number of carbonyl (C=O) groups excluding carboxylic acids is 2. The van der Waals surface area contributed by atoms with Crippen molar-refractivity contribution in [2.45, 2.75) is 78.6 Å². The van der Waals surface area contributed by atoms with Crippen molar-refractivity contribution < 1.29 is 19.5 Å². The van der Waals surface area contributed by atoms with Gasteiger partial charge in [0.1, 0.15) is 11.5 Å². The second-order valence-corrected chi connectivity index (χ2v) is 12.4. The Bertz CT molecular complexity index is 1090. The van der Waals surface area contributed by atoms with Crippen LogP contribution in [0.4, 0.5) is 0 Å². The quantitative estimate of drug-likeness (QED) is 0.472. The summed E-state index contributed by atoms with van der Waals surface area (Å²) in [6, 6.07) is 7.00. The Morgan fingerprint density at radius 1 is 1.05 bits per heavy atom. The molecule has 6 nitrogen and oxygen atoms in total. The van der Waals surface area contributed by atoms with E-state index in [2.05, 4.69) is 30.4 Å². The molecule has 2 N–H and O–H groups in total. The van der Waals surface area contributed by atoms with E-state index in [1.807, 2.05) is 12.1 Å². The highest BCUT2D eigenvalue weighted by Gasteiger charge is 2.59. The number of fused-ring (bicyclic) bond motifs is 5. The number of nitrogens with zero attached hydrogens (tertiary/aromatic N) is 1. The Labute approximate surface area is 220 Å². The predicted octanol–water partition coefficient (Wildman–Crippen LogP) is 5.59. The summed E-state index contributed by atoms with van der Waals surface area (Å²) in [6.45, 7) is 7.12. The molecule has 0 aromatic heterocycles. The second-order valence-electron chi connectivity index (χ2n) is 12.4. The molecule has 4 unspecified atom stereocenters. The van der Waals surface area contributed by atoms with Gasteiger partial charge < -0.3 is 15.3 Å². The van der Waals surface area contributed by atoms with E-state index in [0.29, 0.717) is 30.6 Å². The minimum absolute atomic E-state index is 0.0816. The number of benzene rings is 1. The van der Waals surface area contributed by atoms with E-state index in [4.69, 9.17) is 4.84 Å². The first-order chi connectivity index (χ1) is 17.7. The van der Waals surface area contributed by atoms with Gasteiger partial charge in [-0.05, 0) is 117 Å². The molecule has 0 radical (unpaired) electrons. The van der Waals surface area contributed by atoms with Crippen LogP contribution in [0, 0.1) is 34.5 Å². The molecular formula is C31H42N2O4. The lowest BCUT2D eigenvalue weighted by atomic mass is 9.46. The number of phenolic OH excluding ortho intramolecular Hbond substituents is 1. The molecule has 0 spiro atoms. The average molecular weight is 507 g/mol. The minimum atomic E-state index is -0.178. The molecule has 4 aliphatic rings. The molecular weight excluding hydrogens is 464 g/mol. The van der Waals surface area contributed by atoms with Crippen molar-refractivity contribution in [2.75, 3.05) is 13.2 Å². The molecule has 0 saturated heterocycles. The topological polar surface area (TPSA) is 88.0 Å². The van der Waals surface area contributed by atoms with Gasteiger partial charge in [-0.3, -0.25) is 9.59 Å². The second kappa shape index (κ2) is 10.3. The number of allylic oxidation sites excluding steroid dienone is 2. The summed E-state index contributed by atoms with van der Waals surface area (Å²) in [5, 5.41) is 16.6. The monoisotopic (exact) mass is 506 g/mol. The van der Waals surface area contributed by atoms with Crippen LogP contribution in [0.15, 0.2) is 41.1 Å². The van der Waals surface area contributed by atoms with Crippen LogP contribution in [0.1, 0.15) is 77.7 Å². The molecule has 3 fully saturated rings. The molecule has 0 bridgehead atoms. The first kappa shape index (κ1) is 26.0. The predicted molar refractivity (Wildman–Crippen MR) is 144 cm³/mol.